The van der Waals surface area contributed by atoms with Gasteiger partial charge in [0.1, 0.15) is 0 Å². The van der Waals surface area contributed by atoms with E-state index in [-0.39, 0.29) is 0 Å². The van der Waals surface area contributed by atoms with Gasteiger partial charge in [0.2, 0.25) is 0 Å². The molecule has 0 saturated heterocycles. The number of phosphoric acid groups is 1. The Labute approximate surface area is 155 Å². The molecule has 1 unspecified atom stereocenters. The highest BCUT2D eigenvalue weighted by Crippen LogP contribution is 2.50. The maximum absolute atomic E-state index is 11.6. The van der Waals surface area contributed by atoms with Gasteiger partial charge in [0, 0.05) is 0 Å². The van der Waals surface area contributed by atoms with E-state index in [0.29, 0.717) is 5.92 Å². The monoisotopic (exact) mass is 376 g/mol. The Bertz CT molecular complexity index is 374. The fraction of sp³-hybridized carbons (Fsp3) is 1.00. The molecule has 1 rings (SSSR count). The number of unbranched alkanes of at least 4 members (excludes halogenated alkanes) is 6. The summed E-state index contributed by atoms with van der Waals surface area (Å²) in [6.07, 6.45) is 18.1. The first-order valence-corrected chi connectivity index (χ1v) is 12.2. The zero-order valence-electron chi connectivity index (χ0n) is 16.5. The van der Waals surface area contributed by atoms with E-state index in [4.69, 9.17) is 4.52 Å². The molecule has 0 aliphatic heterocycles. The van der Waals surface area contributed by atoms with Gasteiger partial charge in [-0.25, -0.2) is 4.57 Å². The summed E-state index contributed by atoms with van der Waals surface area (Å²) in [5.41, 5.74) is -0.586. The van der Waals surface area contributed by atoms with Crippen LogP contribution in [0.4, 0.5) is 0 Å². The van der Waals surface area contributed by atoms with Crippen molar-refractivity contribution in [3.05, 3.63) is 0 Å². The Kier molecular flexibility index (Phi) is 11.6. The van der Waals surface area contributed by atoms with Crippen LogP contribution in [-0.2, 0) is 9.09 Å². The van der Waals surface area contributed by atoms with Crippen molar-refractivity contribution in [3.63, 3.8) is 0 Å². The Hall–Kier alpha value is 0.110. The Balaban J connectivity index is 2.63. The van der Waals surface area contributed by atoms with Crippen LogP contribution in [0.5, 0.6) is 0 Å². The van der Waals surface area contributed by atoms with E-state index in [1.807, 2.05) is 0 Å². The second kappa shape index (κ2) is 12.5. The summed E-state index contributed by atoms with van der Waals surface area (Å²) in [6, 6.07) is 0. The SMILES string of the molecule is CCCCCCCC(CCCCC)CC1(OP(=O)(O)O)CCCCC1. The summed E-state index contributed by atoms with van der Waals surface area (Å²) in [7, 11) is -4.43. The summed E-state index contributed by atoms with van der Waals surface area (Å²) in [6.45, 7) is 4.46. The normalized spacial score (nSPS) is 19.0. The van der Waals surface area contributed by atoms with Crippen molar-refractivity contribution >= 4 is 7.82 Å². The number of hydrogen-bond donors (Lipinski definition) is 2. The molecular weight excluding hydrogens is 335 g/mol. The maximum atomic E-state index is 11.6. The molecule has 1 aliphatic rings. The second-order valence-corrected chi connectivity index (χ2v) is 9.26. The van der Waals surface area contributed by atoms with Crippen molar-refractivity contribution in [2.75, 3.05) is 0 Å². The van der Waals surface area contributed by atoms with Crippen molar-refractivity contribution < 1.29 is 18.9 Å². The molecule has 1 atom stereocenters. The van der Waals surface area contributed by atoms with Gasteiger partial charge in [-0.15, -0.1) is 0 Å². The molecule has 25 heavy (non-hydrogen) atoms. The highest BCUT2D eigenvalue weighted by molar-refractivity contribution is 7.46. The molecule has 0 aromatic rings. The van der Waals surface area contributed by atoms with Crippen LogP contribution in [0.1, 0.15) is 117 Å². The molecule has 4 nitrogen and oxygen atoms in total. The third-order valence-corrected chi connectivity index (χ3v) is 6.30. The molecule has 0 aromatic carbocycles. The highest BCUT2D eigenvalue weighted by atomic mass is 31.2. The molecule has 1 aliphatic carbocycles. The van der Waals surface area contributed by atoms with E-state index in [2.05, 4.69) is 13.8 Å². The first kappa shape index (κ1) is 23.1. The van der Waals surface area contributed by atoms with Crippen LogP contribution < -0.4 is 0 Å². The zero-order valence-corrected chi connectivity index (χ0v) is 17.4. The van der Waals surface area contributed by atoms with Crippen molar-refractivity contribution in [2.45, 2.75) is 122 Å². The predicted molar refractivity (Wildman–Crippen MR) is 105 cm³/mol. The summed E-state index contributed by atoms with van der Waals surface area (Å²) in [5.74, 6) is 0.540. The lowest BCUT2D eigenvalue weighted by molar-refractivity contribution is -0.0185. The summed E-state index contributed by atoms with van der Waals surface area (Å²) >= 11 is 0. The van der Waals surface area contributed by atoms with E-state index in [1.54, 1.807) is 0 Å². The Morgan fingerprint density at radius 3 is 1.96 bits per heavy atom. The van der Waals surface area contributed by atoms with Crippen molar-refractivity contribution in [3.8, 4) is 0 Å². The molecule has 0 spiro atoms. The van der Waals surface area contributed by atoms with E-state index >= 15 is 0 Å². The highest BCUT2D eigenvalue weighted by Gasteiger charge is 2.40. The molecule has 0 heterocycles. The van der Waals surface area contributed by atoms with E-state index < -0.39 is 13.4 Å². The molecule has 0 radical (unpaired) electrons. The van der Waals surface area contributed by atoms with Crippen LogP contribution in [0, 0.1) is 5.92 Å². The van der Waals surface area contributed by atoms with Gasteiger partial charge in [-0.2, -0.15) is 0 Å². The lowest BCUT2D eigenvalue weighted by Gasteiger charge is -2.39. The van der Waals surface area contributed by atoms with Crippen LogP contribution in [0.2, 0.25) is 0 Å². The van der Waals surface area contributed by atoms with E-state index in [0.717, 1.165) is 38.5 Å². The van der Waals surface area contributed by atoms with Gasteiger partial charge >= 0.3 is 7.82 Å². The zero-order chi connectivity index (χ0) is 18.6. The van der Waals surface area contributed by atoms with Crippen LogP contribution >= 0.6 is 7.82 Å². The standard InChI is InChI=1S/C20H41O4P/c1-3-5-7-8-11-15-19(14-10-6-4-2)18-20(24-25(21,22)23)16-12-9-13-17-20/h19H,3-18H2,1-2H3,(H2,21,22,23). The quantitative estimate of drug-likeness (QED) is 0.260. The number of hydrogen-bond acceptors (Lipinski definition) is 2. The number of phosphoric ester groups is 1. The molecule has 0 amide bonds. The van der Waals surface area contributed by atoms with E-state index in [9.17, 15) is 14.4 Å². The molecule has 150 valence electrons. The third-order valence-electron chi connectivity index (χ3n) is 5.67. The third kappa shape index (κ3) is 10.8. The largest absolute Gasteiger partial charge is 0.470 e. The molecule has 1 saturated carbocycles. The molecule has 0 aromatic heterocycles. The minimum atomic E-state index is -4.43. The fourth-order valence-corrected chi connectivity index (χ4v) is 5.14. The van der Waals surface area contributed by atoms with Crippen molar-refractivity contribution in [2.24, 2.45) is 5.92 Å². The molecular formula is C20H41O4P. The van der Waals surface area contributed by atoms with Crippen molar-refractivity contribution in [1.82, 2.24) is 0 Å². The molecule has 5 heteroatoms. The first-order valence-electron chi connectivity index (χ1n) is 10.7. The van der Waals surface area contributed by atoms with Crippen LogP contribution in [0.15, 0.2) is 0 Å². The number of rotatable bonds is 14. The summed E-state index contributed by atoms with van der Waals surface area (Å²) in [4.78, 5) is 18.8. The van der Waals surface area contributed by atoms with Gasteiger partial charge in [-0.05, 0) is 25.2 Å². The van der Waals surface area contributed by atoms with Crippen molar-refractivity contribution in [1.29, 1.82) is 0 Å². The van der Waals surface area contributed by atoms with Gasteiger partial charge < -0.3 is 9.79 Å². The van der Waals surface area contributed by atoms with Gasteiger partial charge in [-0.1, -0.05) is 97.3 Å². The summed E-state index contributed by atoms with van der Waals surface area (Å²) < 4.78 is 17.0. The van der Waals surface area contributed by atoms with Gasteiger partial charge in [0.25, 0.3) is 0 Å². The minimum absolute atomic E-state index is 0.540. The summed E-state index contributed by atoms with van der Waals surface area (Å²) in [5, 5.41) is 0. The minimum Gasteiger partial charge on any atom is -0.303 e. The first-order chi connectivity index (χ1) is 11.9. The maximum Gasteiger partial charge on any atom is 0.470 e. The van der Waals surface area contributed by atoms with Crippen LogP contribution in [0.25, 0.3) is 0 Å². The van der Waals surface area contributed by atoms with E-state index in [1.165, 1.54) is 64.2 Å². The average molecular weight is 377 g/mol. The Morgan fingerprint density at radius 1 is 0.880 bits per heavy atom. The fourth-order valence-electron chi connectivity index (χ4n) is 4.38. The van der Waals surface area contributed by atoms with Gasteiger partial charge in [0.15, 0.2) is 0 Å². The van der Waals surface area contributed by atoms with Crippen LogP contribution in [-0.4, -0.2) is 15.4 Å². The second-order valence-electron chi connectivity index (χ2n) is 8.09. The molecule has 1 fully saturated rings. The Morgan fingerprint density at radius 2 is 1.40 bits per heavy atom. The van der Waals surface area contributed by atoms with Crippen LogP contribution in [0.3, 0.4) is 0 Å². The smallest absolute Gasteiger partial charge is 0.303 e. The average Bonchev–Trinajstić information content (AvgIpc) is 2.53. The van der Waals surface area contributed by atoms with Gasteiger partial charge in [0.05, 0.1) is 5.60 Å². The molecule has 2 N–H and O–H groups in total. The van der Waals surface area contributed by atoms with Gasteiger partial charge in [-0.3, -0.25) is 4.52 Å². The molecule has 0 bridgehead atoms. The lowest BCUT2D eigenvalue weighted by Crippen LogP contribution is -2.36. The topological polar surface area (TPSA) is 66.8 Å². The predicted octanol–water partition coefficient (Wildman–Crippen LogP) is 6.75. The lowest BCUT2D eigenvalue weighted by atomic mass is 9.76.